The molecule has 2 saturated carbocycles. The zero-order valence-electron chi connectivity index (χ0n) is 14.6. The topological polar surface area (TPSA) is 43.4 Å². The fourth-order valence-corrected chi connectivity index (χ4v) is 5.61. The first-order valence-corrected chi connectivity index (χ1v) is 8.78. The van der Waals surface area contributed by atoms with Gasteiger partial charge in [-0.25, -0.2) is 4.79 Å². The fraction of sp³-hybridized carbons (Fsp3) is 0.700. The van der Waals surface area contributed by atoms with Gasteiger partial charge in [0.15, 0.2) is 0 Å². The van der Waals surface area contributed by atoms with Gasteiger partial charge >= 0.3 is 5.97 Å². The second kappa shape index (κ2) is 5.61. The van der Waals surface area contributed by atoms with E-state index in [1.165, 1.54) is 5.57 Å². The van der Waals surface area contributed by atoms with Gasteiger partial charge in [-0.2, -0.15) is 0 Å². The van der Waals surface area contributed by atoms with E-state index in [9.17, 15) is 9.59 Å². The van der Waals surface area contributed by atoms with E-state index in [0.29, 0.717) is 37.1 Å². The van der Waals surface area contributed by atoms with E-state index in [4.69, 9.17) is 4.74 Å². The highest BCUT2D eigenvalue weighted by Crippen LogP contribution is 2.61. The quantitative estimate of drug-likeness (QED) is 0.578. The Hall–Kier alpha value is -1.38. The van der Waals surface area contributed by atoms with Crippen molar-refractivity contribution in [2.75, 3.05) is 6.61 Å². The number of esters is 1. The Morgan fingerprint density at radius 1 is 1.26 bits per heavy atom. The molecule has 0 unspecified atom stereocenters. The molecule has 126 valence electrons. The molecule has 3 atom stereocenters. The molecule has 1 aliphatic heterocycles. The van der Waals surface area contributed by atoms with Gasteiger partial charge in [0.2, 0.25) is 0 Å². The first-order valence-electron chi connectivity index (χ1n) is 8.78. The molecule has 3 rings (SSSR count). The summed E-state index contributed by atoms with van der Waals surface area (Å²) in [5, 5.41) is 0. The van der Waals surface area contributed by atoms with Crippen molar-refractivity contribution in [3.63, 3.8) is 0 Å². The van der Waals surface area contributed by atoms with Gasteiger partial charge in [0.05, 0.1) is 0 Å². The molecule has 3 aliphatic rings. The molecule has 3 nitrogen and oxygen atoms in total. The van der Waals surface area contributed by atoms with Crippen molar-refractivity contribution in [2.45, 2.75) is 59.3 Å². The number of carbonyl (C=O) groups is 2. The highest BCUT2D eigenvalue weighted by Gasteiger charge is 2.54. The van der Waals surface area contributed by atoms with Crippen molar-refractivity contribution in [3.05, 3.63) is 23.8 Å². The second-order valence-corrected chi connectivity index (χ2v) is 8.64. The summed E-state index contributed by atoms with van der Waals surface area (Å²) in [7, 11) is 0. The molecule has 0 aromatic carbocycles. The van der Waals surface area contributed by atoms with Crippen LogP contribution < -0.4 is 0 Å². The van der Waals surface area contributed by atoms with Crippen LogP contribution in [0.3, 0.4) is 0 Å². The van der Waals surface area contributed by atoms with E-state index in [-0.39, 0.29) is 16.8 Å². The normalized spacial score (nSPS) is 36.5. The molecule has 0 N–H and O–H groups in total. The number of ketones is 1. The maximum atomic E-state index is 12.4. The zero-order chi connectivity index (χ0) is 16.8. The van der Waals surface area contributed by atoms with Crippen molar-refractivity contribution in [2.24, 2.45) is 22.7 Å². The number of allylic oxidation sites excluding steroid dienone is 1. The van der Waals surface area contributed by atoms with Crippen molar-refractivity contribution in [3.8, 4) is 0 Å². The van der Waals surface area contributed by atoms with Crippen LogP contribution in [-0.4, -0.2) is 18.4 Å². The summed E-state index contributed by atoms with van der Waals surface area (Å²) >= 11 is 0. The lowest BCUT2D eigenvalue weighted by atomic mass is 9.47. The molecule has 0 aromatic rings. The van der Waals surface area contributed by atoms with Crippen LogP contribution >= 0.6 is 0 Å². The molecule has 0 aromatic heterocycles. The Morgan fingerprint density at radius 2 is 2.00 bits per heavy atom. The largest absolute Gasteiger partial charge is 0.458 e. The fourth-order valence-electron chi connectivity index (χ4n) is 5.61. The number of fused-ring (bicyclic) bond motifs is 1. The molecule has 2 aliphatic carbocycles. The molecule has 1 heterocycles. The number of ether oxygens (including phenoxy) is 1. The monoisotopic (exact) mass is 316 g/mol. The van der Waals surface area contributed by atoms with Crippen molar-refractivity contribution in [1.82, 2.24) is 0 Å². The molecule has 0 spiro atoms. The molecular weight excluding hydrogens is 288 g/mol. The molecule has 0 radical (unpaired) electrons. The summed E-state index contributed by atoms with van der Waals surface area (Å²) in [5.74, 6) is 1.10. The van der Waals surface area contributed by atoms with Crippen molar-refractivity contribution in [1.29, 1.82) is 0 Å². The Morgan fingerprint density at radius 3 is 2.65 bits per heavy atom. The summed E-state index contributed by atoms with van der Waals surface area (Å²) in [6.07, 6.45) is 7.07. The van der Waals surface area contributed by atoms with E-state index in [1.54, 1.807) is 6.08 Å². The molecule has 2 fully saturated rings. The summed E-state index contributed by atoms with van der Waals surface area (Å²) in [6.45, 7) is 11.6. The minimum absolute atomic E-state index is 0.0121. The third-order valence-corrected chi connectivity index (χ3v) is 6.49. The number of rotatable bonds is 3. The summed E-state index contributed by atoms with van der Waals surface area (Å²) < 4.78 is 5.01. The van der Waals surface area contributed by atoms with Gasteiger partial charge in [-0.1, -0.05) is 32.9 Å². The lowest BCUT2D eigenvalue weighted by molar-refractivity contribution is -0.138. The first kappa shape index (κ1) is 16.5. The van der Waals surface area contributed by atoms with Crippen LogP contribution in [0.5, 0.6) is 0 Å². The molecule has 0 amide bonds. The van der Waals surface area contributed by atoms with Gasteiger partial charge in [-0.15, -0.1) is 0 Å². The lowest BCUT2D eigenvalue weighted by Crippen LogP contribution is -2.52. The minimum Gasteiger partial charge on any atom is -0.458 e. The highest BCUT2D eigenvalue weighted by atomic mass is 16.5. The van der Waals surface area contributed by atoms with Crippen LogP contribution in [0.25, 0.3) is 0 Å². The summed E-state index contributed by atoms with van der Waals surface area (Å²) in [4.78, 5) is 23.6. The number of hydrogen-bond donors (Lipinski definition) is 0. The standard InChI is InChI=1S/C20H28O3/c1-13-5-8-17-19(2,3)10-15(21)11-20(17,4)16(13)7-6-14-9-18(22)23-12-14/h9,16-17H,1,5-8,10-12H2,2-4H3/t16-,17-,20+/m1/s1. The van der Waals surface area contributed by atoms with E-state index < -0.39 is 0 Å². The van der Waals surface area contributed by atoms with E-state index >= 15 is 0 Å². The predicted molar refractivity (Wildman–Crippen MR) is 89.8 cm³/mol. The van der Waals surface area contributed by atoms with Crippen LogP contribution in [0, 0.1) is 22.7 Å². The average Bonchev–Trinajstić information content (AvgIpc) is 2.81. The predicted octanol–water partition coefficient (Wildman–Crippen LogP) is 4.23. The molecule has 3 heteroatoms. The van der Waals surface area contributed by atoms with Crippen LogP contribution in [0.2, 0.25) is 0 Å². The van der Waals surface area contributed by atoms with Gasteiger partial charge < -0.3 is 4.74 Å². The molecule has 0 saturated heterocycles. The van der Waals surface area contributed by atoms with E-state index in [2.05, 4.69) is 27.4 Å². The molecular formula is C20H28O3. The Balaban J connectivity index is 1.82. The summed E-state index contributed by atoms with van der Waals surface area (Å²) in [6, 6.07) is 0. The smallest absolute Gasteiger partial charge is 0.331 e. The van der Waals surface area contributed by atoms with E-state index in [1.807, 2.05) is 0 Å². The Bertz CT molecular complexity index is 584. The second-order valence-electron chi connectivity index (χ2n) is 8.64. The van der Waals surface area contributed by atoms with Gasteiger partial charge in [0, 0.05) is 18.9 Å². The van der Waals surface area contributed by atoms with Crippen LogP contribution in [0.4, 0.5) is 0 Å². The minimum atomic E-state index is -0.222. The third kappa shape index (κ3) is 2.90. The van der Waals surface area contributed by atoms with Gasteiger partial charge in [0.25, 0.3) is 0 Å². The van der Waals surface area contributed by atoms with Crippen LogP contribution in [0.1, 0.15) is 59.3 Å². The van der Waals surface area contributed by atoms with Crippen molar-refractivity contribution < 1.29 is 14.3 Å². The van der Waals surface area contributed by atoms with Crippen LogP contribution in [-0.2, 0) is 14.3 Å². The Kier molecular flexibility index (Phi) is 4.02. The first-order chi connectivity index (χ1) is 10.7. The maximum absolute atomic E-state index is 12.4. The SMILES string of the molecule is C=C1CC[C@@H]2C(C)(C)CC(=O)C[C@@]2(C)[C@@H]1CCC1=CC(=O)OC1. The molecule has 23 heavy (non-hydrogen) atoms. The number of Topliss-reactive ketones (excluding diaryl/α,β-unsaturated/α-hetero) is 1. The summed E-state index contributed by atoms with van der Waals surface area (Å²) in [5.41, 5.74) is 2.46. The number of cyclic esters (lactones) is 1. The number of hydrogen-bond acceptors (Lipinski definition) is 3. The lowest BCUT2D eigenvalue weighted by Gasteiger charge is -2.57. The van der Waals surface area contributed by atoms with Gasteiger partial charge in [-0.05, 0) is 53.9 Å². The highest BCUT2D eigenvalue weighted by molar-refractivity contribution is 5.85. The molecule has 0 bridgehead atoms. The van der Waals surface area contributed by atoms with E-state index in [0.717, 1.165) is 31.3 Å². The average molecular weight is 316 g/mol. The Labute approximate surface area is 139 Å². The zero-order valence-corrected chi connectivity index (χ0v) is 14.6. The van der Waals surface area contributed by atoms with Gasteiger partial charge in [-0.3, -0.25) is 4.79 Å². The van der Waals surface area contributed by atoms with Crippen LogP contribution in [0.15, 0.2) is 23.8 Å². The maximum Gasteiger partial charge on any atom is 0.331 e. The van der Waals surface area contributed by atoms with Gasteiger partial charge in [0.1, 0.15) is 12.4 Å². The number of carbonyl (C=O) groups excluding carboxylic acids is 2. The van der Waals surface area contributed by atoms with Crippen molar-refractivity contribution >= 4 is 11.8 Å². The third-order valence-electron chi connectivity index (χ3n) is 6.49.